The molecule has 7 nitrogen and oxygen atoms in total. The van der Waals surface area contributed by atoms with E-state index in [1.807, 2.05) is 60.0 Å². The minimum atomic E-state index is -0.519. The molecule has 7 heteroatoms. The molecule has 1 amide bonds. The third kappa shape index (κ3) is 6.17. The predicted octanol–water partition coefficient (Wildman–Crippen LogP) is 3.11. The second-order valence-electron chi connectivity index (χ2n) is 7.02. The molecule has 0 aliphatic heterocycles. The second-order valence-corrected chi connectivity index (χ2v) is 7.02. The van der Waals surface area contributed by atoms with Crippen LogP contribution in [0.5, 0.6) is 5.75 Å². The maximum atomic E-state index is 12.1. The zero-order chi connectivity index (χ0) is 21.2. The average Bonchev–Trinajstić information content (AvgIpc) is 3.23. The molecule has 1 aromatic heterocycles. The number of carbonyl (C=O) groups excluding carboxylic acids is 1. The SMILES string of the molecule is CCC[C@H](N)C(=O)Nc1cn(-c2ccccc2CNCCOc2ccccc2)cn1. The monoisotopic (exact) mass is 407 g/mol. The maximum absolute atomic E-state index is 12.1. The Morgan fingerprint density at radius 3 is 2.73 bits per heavy atom. The number of nitrogens with zero attached hydrogens (tertiary/aromatic N) is 2. The lowest BCUT2D eigenvalue weighted by Crippen LogP contribution is -2.35. The van der Waals surface area contributed by atoms with Gasteiger partial charge in [-0.1, -0.05) is 49.7 Å². The Labute approximate surface area is 177 Å². The average molecular weight is 408 g/mol. The van der Waals surface area contributed by atoms with E-state index in [0.717, 1.165) is 30.0 Å². The van der Waals surface area contributed by atoms with Gasteiger partial charge in [-0.2, -0.15) is 0 Å². The van der Waals surface area contributed by atoms with Crippen molar-refractivity contribution in [1.29, 1.82) is 0 Å². The molecule has 2 aromatic carbocycles. The normalized spacial score (nSPS) is 11.8. The Balaban J connectivity index is 1.54. The van der Waals surface area contributed by atoms with Crippen molar-refractivity contribution in [2.45, 2.75) is 32.4 Å². The van der Waals surface area contributed by atoms with Gasteiger partial charge in [0, 0.05) is 13.1 Å². The van der Waals surface area contributed by atoms with E-state index in [9.17, 15) is 4.79 Å². The molecule has 0 aliphatic rings. The van der Waals surface area contributed by atoms with Crippen LogP contribution in [0.1, 0.15) is 25.3 Å². The van der Waals surface area contributed by atoms with Crippen LogP contribution in [0.3, 0.4) is 0 Å². The van der Waals surface area contributed by atoms with E-state index in [-0.39, 0.29) is 5.91 Å². The number of hydrogen-bond acceptors (Lipinski definition) is 5. The zero-order valence-corrected chi connectivity index (χ0v) is 17.3. The molecule has 158 valence electrons. The van der Waals surface area contributed by atoms with E-state index >= 15 is 0 Å². The highest BCUT2D eigenvalue weighted by atomic mass is 16.5. The summed E-state index contributed by atoms with van der Waals surface area (Å²) >= 11 is 0. The minimum Gasteiger partial charge on any atom is -0.492 e. The molecule has 0 spiro atoms. The largest absolute Gasteiger partial charge is 0.492 e. The fourth-order valence-electron chi connectivity index (χ4n) is 3.07. The van der Waals surface area contributed by atoms with E-state index in [2.05, 4.69) is 21.7 Å². The third-order valence-electron chi connectivity index (χ3n) is 4.65. The summed E-state index contributed by atoms with van der Waals surface area (Å²) in [6.45, 7) is 4.01. The van der Waals surface area contributed by atoms with Gasteiger partial charge >= 0.3 is 0 Å². The molecule has 1 atom stereocenters. The lowest BCUT2D eigenvalue weighted by molar-refractivity contribution is -0.117. The van der Waals surface area contributed by atoms with Crippen molar-refractivity contribution in [3.63, 3.8) is 0 Å². The van der Waals surface area contributed by atoms with Gasteiger partial charge in [0.05, 0.1) is 17.9 Å². The van der Waals surface area contributed by atoms with Gasteiger partial charge in [-0.05, 0) is 30.2 Å². The number of aromatic nitrogens is 2. The van der Waals surface area contributed by atoms with Gasteiger partial charge in [-0.25, -0.2) is 4.98 Å². The number of nitrogens with one attached hydrogen (secondary N) is 2. The molecule has 0 saturated carbocycles. The highest BCUT2D eigenvalue weighted by Crippen LogP contribution is 2.17. The van der Waals surface area contributed by atoms with E-state index in [4.69, 9.17) is 10.5 Å². The maximum Gasteiger partial charge on any atom is 0.242 e. The Morgan fingerprint density at radius 1 is 1.17 bits per heavy atom. The van der Waals surface area contributed by atoms with Crippen molar-refractivity contribution in [2.24, 2.45) is 5.73 Å². The summed E-state index contributed by atoms with van der Waals surface area (Å²) in [6.07, 6.45) is 5.00. The second kappa shape index (κ2) is 11.1. The summed E-state index contributed by atoms with van der Waals surface area (Å²) in [6, 6.07) is 17.3. The molecule has 0 fully saturated rings. The van der Waals surface area contributed by atoms with Crippen molar-refractivity contribution in [3.05, 3.63) is 72.7 Å². The summed E-state index contributed by atoms with van der Waals surface area (Å²) in [4.78, 5) is 16.4. The summed E-state index contributed by atoms with van der Waals surface area (Å²) in [5.74, 6) is 1.15. The van der Waals surface area contributed by atoms with Gasteiger partial charge < -0.3 is 25.7 Å². The number of amides is 1. The highest BCUT2D eigenvalue weighted by Gasteiger charge is 2.14. The van der Waals surface area contributed by atoms with Crippen molar-refractivity contribution < 1.29 is 9.53 Å². The molecule has 0 radical (unpaired) electrons. The molecule has 0 saturated heterocycles. The molecule has 4 N–H and O–H groups in total. The fourth-order valence-corrected chi connectivity index (χ4v) is 3.07. The molecule has 0 bridgehead atoms. The molecule has 1 heterocycles. The predicted molar refractivity (Wildman–Crippen MR) is 119 cm³/mol. The number of para-hydroxylation sites is 2. The number of benzene rings is 2. The van der Waals surface area contributed by atoms with Crippen LogP contribution < -0.4 is 21.1 Å². The molecule has 3 rings (SSSR count). The van der Waals surface area contributed by atoms with E-state index in [0.29, 0.717) is 25.4 Å². The topological polar surface area (TPSA) is 94.2 Å². The Bertz CT molecular complexity index is 926. The molecule has 0 unspecified atom stereocenters. The first-order valence-corrected chi connectivity index (χ1v) is 10.2. The van der Waals surface area contributed by atoms with E-state index < -0.39 is 6.04 Å². The number of carbonyl (C=O) groups is 1. The summed E-state index contributed by atoms with van der Waals surface area (Å²) in [7, 11) is 0. The number of hydrogen-bond donors (Lipinski definition) is 3. The van der Waals surface area contributed by atoms with Gasteiger partial charge in [-0.15, -0.1) is 0 Å². The van der Waals surface area contributed by atoms with Crippen molar-refractivity contribution in [2.75, 3.05) is 18.5 Å². The van der Waals surface area contributed by atoms with E-state index in [1.54, 1.807) is 12.5 Å². The molecular formula is C23H29N5O2. The van der Waals surface area contributed by atoms with Crippen LogP contribution in [0.15, 0.2) is 67.1 Å². The third-order valence-corrected chi connectivity index (χ3v) is 4.65. The molecule has 0 aliphatic carbocycles. The van der Waals surface area contributed by atoms with Crippen LogP contribution in [0.25, 0.3) is 5.69 Å². The van der Waals surface area contributed by atoms with Crippen molar-refractivity contribution >= 4 is 11.7 Å². The molecule has 3 aromatic rings. The van der Waals surface area contributed by atoms with Gasteiger partial charge in [-0.3, -0.25) is 4.79 Å². The van der Waals surface area contributed by atoms with Gasteiger partial charge in [0.25, 0.3) is 0 Å². The zero-order valence-electron chi connectivity index (χ0n) is 17.3. The summed E-state index contributed by atoms with van der Waals surface area (Å²) < 4.78 is 7.61. The molecular weight excluding hydrogens is 378 g/mol. The van der Waals surface area contributed by atoms with Crippen molar-refractivity contribution in [1.82, 2.24) is 14.9 Å². The van der Waals surface area contributed by atoms with Crippen LogP contribution in [-0.4, -0.2) is 34.7 Å². The lowest BCUT2D eigenvalue weighted by Gasteiger charge is -2.12. The number of anilines is 1. The Hall–Kier alpha value is -3.16. The first-order valence-electron chi connectivity index (χ1n) is 10.2. The molecule has 30 heavy (non-hydrogen) atoms. The van der Waals surface area contributed by atoms with Gasteiger partial charge in [0.15, 0.2) is 5.82 Å². The number of nitrogens with two attached hydrogens (primary N) is 1. The Kier molecular flexibility index (Phi) is 8.00. The summed E-state index contributed by atoms with van der Waals surface area (Å²) in [5.41, 5.74) is 7.99. The van der Waals surface area contributed by atoms with Crippen molar-refractivity contribution in [3.8, 4) is 11.4 Å². The smallest absolute Gasteiger partial charge is 0.242 e. The lowest BCUT2D eigenvalue weighted by atomic mass is 10.1. The van der Waals surface area contributed by atoms with Crippen LogP contribution in [0.2, 0.25) is 0 Å². The first kappa shape index (κ1) is 21.5. The van der Waals surface area contributed by atoms with Crippen LogP contribution in [0, 0.1) is 0 Å². The minimum absolute atomic E-state index is 0.213. The fraction of sp³-hybridized carbons (Fsp3) is 0.304. The van der Waals surface area contributed by atoms with Crippen LogP contribution in [0.4, 0.5) is 5.82 Å². The first-order chi connectivity index (χ1) is 14.7. The summed E-state index contributed by atoms with van der Waals surface area (Å²) in [5, 5.41) is 6.19. The number of rotatable bonds is 11. The van der Waals surface area contributed by atoms with Crippen LogP contribution in [-0.2, 0) is 11.3 Å². The number of ether oxygens (including phenoxy) is 1. The highest BCUT2D eigenvalue weighted by molar-refractivity contribution is 5.93. The Morgan fingerprint density at radius 2 is 1.93 bits per heavy atom. The quantitative estimate of drug-likeness (QED) is 0.425. The standard InChI is InChI=1S/C23H29N5O2/c1-2-8-20(24)23(29)27-22-16-28(17-26-22)21-12-7-6-9-18(21)15-25-13-14-30-19-10-4-3-5-11-19/h3-7,9-12,16-17,20,25H,2,8,13-15,24H2,1H3,(H,27,29)/t20-/m0/s1. The van der Waals surface area contributed by atoms with Crippen LogP contribution >= 0.6 is 0 Å². The van der Waals surface area contributed by atoms with Gasteiger partial charge in [0.2, 0.25) is 5.91 Å². The number of imidazole rings is 1. The van der Waals surface area contributed by atoms with Gasteiger partial charge in [0.1, 0.15) is 18.7 Å². The van der Waals surface area contributed by atoms with E-state index in [1.165, 1.54) is 0 Å².